The zero-order chi connectivity index (χ0) is 24.4. The summed E-state index contributed by atoms with van der Waals surface area (Å²) < 4.78 is 6.80. The Morgan fingerprint density at radius 1 is 1.11 bits per heavy atom. The number of aryl methyl sites for hydroxylation is 1. The molecule has 9 nitrogen and oxygen atoms in total. The van der Waals surface area contributed by atoms with Gasteiger partial charge in [-0.05, 0) is 55.2 Å². The molecule has 9 heteroatoms. The second-order valence-electron chi connectivity index (χ2n) is 9.05. The minimum absolute atomic E-state index is 0.0304. The maximum atomic E-state index is 13.0. The molecular formula is C26H28N6O3. The summed E-state index contributed by atoms with van der Waals surface area (Å²) in [5.41, 5.74) is 2.93. The topological polar surface area (TPSA) is 107 Å². The van der Waals surface area contributed by atoms with Gasteiger partial charge in [0.15, 0.2) is 5.82 Å². The molecule has 0 unspecified atom stereocenters. The highest BCUT2D eigenvalue weighted by Crippen LogP contribution is 2.22. The average Bonchev–Trinajstić information content (AvgIpc) is 3.29. The van der Waals surface area contributed by atoms with Gasteiger partial charge in [0.25, 0.3) is 11.5 Å². The molecular weight excluding hydrogens is 444 g/mol. The van der Waals surface area contributed by atoms with Gasteiger partial charge in [0.1, 0.15) is 0 Å². The Balaban J connectivity index is 1.27. The Morgan fingerprint density at radius 2 is 1.89 bits per heavy atom. The fourth-order valence-corrected chi connectivity index (χ4v) is 4.97. The Labute approximate surface area is 203 Å². The number of H-pyrrole nitrogens is 1. The number of carbonyl (C=O) groups excluding carboxylic acids is 1. The lowest BCUT2D eigenvalue weighted by Gasteiger charge is -2.40. The van der Waals surface area contributed by atoms with Gasteiger partial charge in [-0.1, -0.05) is 6.07 Å². The molecule has 35 heavy (non-hydrogen) atoms. The van der Waals surface area contributed by atoms with Crippen molar-refractivity contribution in [2.75, 3.05) is 39.4 Å². The van der Waals surface area contributed by atoms with Crippen molar-refractivity contribution in [2.45, 2.75) is 25.8 Å². The van der Waals surface area contributed by atoms with Gasteiger partial charge >= 0.3 is 0 Å². The highest BCUT2D eigenvalue weighted by atomic mass is 16.5. The Morgan fingerprint density at radius 3 is 2.54 bits per heavy atom. The van der Waals surface area contributed by atoms with Crippen LogP contribution in [0.25, 0.3) is 16.9 Å². The maximum Gasteiger partial charge on any atom is 0.280 e. The molecule has 1 amide bonds. The minimum atomic E-state index is -0.241. The summed E-state index contributed by atoms with van der Waals surface area (Å²) in [4.78, 5) is 34.8. The molecule has 0 bridgehead atoms. The zero-order valence-electron chi connectivity index (χ0n) is 19.7. The molecule has 0 radical (unpaired) electrons. The van der Waals surface area contributed by atoms with Crippen LogP contribution in [0.4, 0.5) is 0 Å². The first-order chi connectivity index (χ1) is 17.0. The number of likely N-dealkylation sites (tertiary alicyclic amines) is 1. The SMILES string of the molecule is Cc1cc(C#N)ccc1-c1c[nH]n(-c2ccc(C(=O)N3CCC(N4CCOCC4)CC3)cn2)c1=O. The van der Waals surface area contributed by atoms with Crippen LogP contribution in [0.5, 0.6) is 0 Å². The Hall–Kier alpha value is -3.74. The molecule has 2 aliphatic heterocycles. The van der Waals surface area contributed by atoms with Crippen LogP contribution in [0, 0.1) is 18.3 Å². The number of amides is 1. The molecule has 2 aromatic heterocycles. The molecule has 180 valence electrons. The Bertz CT molecular complexity index is 1310. The van der Waals surface area contributed by atoms with E-state index < -0.39 is 0 Å². The lowest BCUT2D eigenvalue weighted by molar-refractivity contribution is 0.00158. The highest BCUT2D eigenvalue weighted by molar-refractivity contribution is 5.94. The number of benzene rings is 1. The van der Waals surface area contributed by atoms with E-state index in [9.17, 15) is 9.59 Å². The predicted octanol–water partition coefficient (Wildman–Crippen LogP) is 2.34. The summed E-state index contributed by atoms with van der Waals surface area (Å²) in [5.74, 6) is 0.382. The number of piperidine rings is 1. The van der Waals surface area contributed by atoms with Crippen molar-refractivity contribution in [2.24, 2.45) is 0 Å². The van der Waals surface area contributed by atoms with Crippen LogP contribution in [0.3, 0.4) is 0 Å². The van der Waals surface area contributed by atoms with E-state index in [0.29, 0.717) is 28.6 Å². The Kier molecular flexibility index (Phi) is 6.49. The second kappa shape index (κ2) is 9.86. The van der Waals surface area contributed by atoms with Gasteiger partial charge in [-0.15, -0.1) is 0 Å². The van der Waals surface area contributed by atoms with E-state index in [0.717, 1.165) is 63.4 Å². The molecule has 2 fully saturated rings. The third kappa shape index (κ3) is 4.63. The number of nitrogens with one attached hydrogen (secondary N) is 1. The molecule has 2 aliphatic rings. The monoisotopic (exact) mass is 472 g/mol. The number of hydrogen-bond acceptors (Lipinski definition) is 6. The van der Waals surface area contributed by atoms with Crippen molar-refractivity contribution >= 4 is 5.91 Å². The highest BCUT2D eigenvalue weighted by Gasteiger charge is 2.28. The van der Waals surface area contributed by atoms with Crippen LogP contribution in [0.2, 0.25) is 0 Å². The van der Waals surface area contributed by atoms with Crippen LogP contribution < -0.4 is 5.56 Å². The molecule has 5 rings (SSSR count). The van der Waals surface area contributed by atoms with Gasteiger partial charge < -0.3 is 9.64 Å². The molecule has 2 saturated heterocycles. The third-order valence-corrected chi connectivity index (χ3v) is 6.95. The summed E-state index contributed by atoms with van der Waals surface area (Å²) >= 11 is 0. The number of hydrogen-bond donors (Lipinski definition) is 1. The van der Waals surface area contributed by atoms with E-state index in [1.165, 1.54) is 10.9 Å². The molecule has 0 atom stereocenters. The van der Waals surface area contributed by atoms with Crippen molar-refractivity contribution in [1.29, 1.82) is 5.26 Å². The smallest absolute Gasteiger partial charge is 0.280 e. The minimum Gasteiger partial charge on any atom is -0.379 e. The molecule has 1 N–H and O–H groups in total. The van der Waals surface area contributed by atoms with Crippen molar-refractivity contribution < 1.29 is 9.53 Å². The summed E-state index contributed by atoms with van der Waals surface area (Å²) in [6, 6.07) is 11.3. The van der Waals surface area contributed by atoms with Gasteiger partial charge in [0.05, 0.1) is 36.0 Å². The van der Waals surface area contributed by atoms with Crippen LogP contribution in [0.15, 0.2) is 47.5 Å². The van der Waals surface area contributed by atoms with E-state index in [1.54, 1.807) is 36.5 Å². The quantitative estimate of drug-likeness (QED) is 0.625. The van der Waals surface area contributed by atoms with E-state index in [1.807, 2.05) is 11.8 Å². The van der Waals surface area contributed by atoms with Gasteiger partial charge in [-0.25, -0.2) is 9.67 Å². The standard InChI is InChI=1S/C26H28N6O3/c1-18-14-19(15-27)2-4-22(18)23-17-29-32(26(23)34)24-5-3-20(16-28-24)25(33)31-8-6-21(7-9-31)30-10-12-35-13-11-30/h2-5,14,16-17,21,29H,6-13H2,1H3. The summed E-state index contributed by atoms with van der Waals surface area (Å²) in [6.07, 6.45) is 5.10. The number of morpholine rings is 1. The summed E-state index contributed by atoms with van der Waals surface area (Å²) in [7, 11) is 0. The predicted molar refractivity (Wildman–Crippen MR) is 130 cm³/mol. The summed E-state index contributed by atoms with van der Waals surface area (Å²) in [5, 5.41) is 12.0. The number of carbonyl (C=O) groups is 1. The number of nitrogens with zero attached hydrogens (tertiary/aromatic N) is 5. The number of ether oxygens (including phenoxy) is 1. The van der Waals surface area contributed by atoms with E-state index in [2.05, 4.69) is 21.1 Å². The average molecular weight is 473 g/mol. The fraction of sp³-hybridized carbons (Fsp3) is 0.385. The van der Waals surface area contributed by atoms with E-state index in [-0.39, 0.29) is 11.5 Å². The first-order valence-corrected chi connectivity index (χ1v) is 11.9. The van der Waals surface area contributed by atoms with Crippen LogP contribution >= 0.6 is 0 Å². The number of pyridine rings is 1. The normalized spacial score (nSPS) is 17.3. The first kappa shape index (κ1) is 23.0. The van der Waals surface area contributed by atoms with Crippen LogP contribution in [0.1, 0.15) is 34.3 Å². The van der Waals surface area contributed by atoms with Crippen molar-refractivity contribution in [3.63, 3.8) is 0 Å². The number of nitriles is 1. The molecule has 4 heterocycles. The lowest BCUT2D eigenvalue weighted by Crippen LogP contribution is -2.50. The molecule has 3 aromatic rings. The summed E-state index contributed by atoms with van der Waals surface area (Å²) in [6.45, 7) is 6.84. The second-order valence-corrected chi connectivity index (χ2v) is 9.05. The lowest BCUT2D eigenvalue weighted by atomic mass is 10.0. The van der Waals surface area contributed by atoms with Gasteiger partial charge in [-0.3, -0.25) is 19.6 Å². The van der Waals surface area contributed by atoms with Crippen molar-refractivity contribution in [3.05, 3.63) is 69.8 Å². The fourth-order valence-electron chi connectivity index (χ4n) is 4.97. The van der Waals surface area contributed by atoms with E-state index in [4.69, 9.17) is 10.00 Å². The van der Waals surface area contributed by atoms with Gasteiger partial charge in [0.2, 0.25) is 0 Å². The molecule has 1 aromatic carbocycles. The molecule has 0 aliphatic carbocycles. The maximum absolute atomic E-state index is 13.0. The zero-order valence-corrected chi connectivity index (χ0v) is 19.7. The molecule has 0 saturated carbocycles. The molecule has 0 spiro atoms. The third-order valence-electron chi connectivity index (χ3n) is 6.95. The van der Waals surface area contributed by atoms with Crippen molar-refractivity contribution in [3.8, 4) is 23.0 Å². The number of aromatic nitrogens is 3. The van der Waals surface area contributed by atoms with Crippen molar-refractivity contribution in [1.82, 2.24) is 24.6 Å². The van der Waals surface area contributed by atoms with E-state index >= 15 is 0 Å². The largest absolute Gasteiger partial charge is 0.379 e. The van der Waals surface area contributed by atoms with Gasteiger partial charge in [-0.2, -0.15) is 5.26 Å². The van der Waals surface area contributed by atoms with Crippen LogP contribution in [-0.2, 0) is 4.74 Å². The number of rotatable bonds is 4. The van der Waals surface area contributed by atoms with Crippen LogP contribution in [-0.4, -0.2) is 75.9 Å². The number of aromatic amines is 1. The van der Waals surface area contributed by atoms with Gasteiger partial charge in [0, 0.05) is 44.6 Å². The first-order valence-electron chi connectivity index (χ1n) is 11.9.